The Bertz CT molecular complexity index is 1260. The molecule has 39 heavy (non-hydrogen) atoms. The Morgan fingerprint density at radius 3 is 1.95 bits per heavy atom. The molecule has 0 aliphatic rings. The summed E-state index contributed by atoms with van der Waals surface area (Å²) in [5.41, 5.74) is 14.8. The molecule has 0 fully saturated rings. The van der Waals surface area contributed by atoms with Gasteiger partial charge in [-0.25, -0.2) is 4.79 Å². The highest BCUT2D eigenvalue weighted by atomic mass is 16.5. The molecule has 0 spiro atoms. The molecule has 1 amide bonds. The van der Waals surface area contributed by atoms with E-state index in [4.69, 9.17) is 9.47 Å². The van der Waals surface area contributed by atoms with Crippen LogP contribution in [0.2, 0.25) is 0 Å². The standard InChI is InChI=1S/C31H36N4O4/c1-21(2)29(22(3)4)39-31(37)27(33-32)28(24-16-18-26(38-5)19-17-24)35(20-23-12-8-6-9-13-23)34-30(36)25-14-10-7-11-15-25/h6-19,21-22,28-29H,20H2,1-5H3,(H,34,36)/t28-/m1/s1. The van der Waals surface area contributed by atoms with E-state index in [1.54, 1.807) is 60.6 Å². The van der Waals surface area contributed by atoms with Crippen LogP contribution in [-0.2, 0) is 16.1 Å². The van der Waals surface area contributed by atoms with Gasteiger partial charge in [0.05, 0.1) is 7.11 Å². The molecule has 0 heterocycles. The van der Waals surface area contributed by atoms with Crippen molar-refractivity contribution in [3.8, 4) is 5.75 Å². The molecule has 3 aromatic carbocycles. The fourth-order valence-corrected chi connectivity index (χ4v) is 4.46. The molecule has 0 saturated carbocycles. The van der Waals surface area contributed by atoms with Crippen molar-refractivity contribution >= 4 is 17.6 Å². The van der Waals surface area contributed by atoms with Crippen LogP contribution in [0.15, 0.2) is 84.9 Å². The zero-order valence-electron chi connectivity index (χ0n) is 23.1. The largest absolute Gasteiger partial charge is 0.497 e. The van der Waals surface area contributed by atoms with Crippen molar-refractivity contribution in [1.82, 2.24) is 10.4 Å². The van der Waals surface area contributed by atoms with Crippen LogP contribution in [0.4, 0.5) is 0 Å². The number of amides is 1. The van der Waals surface area contributed by atoms with E-state index < -0.39 is 18.1 Å². The summed E-state index contributed by atoms with van der Waals surface area (Å²) >= 11 is 0. The topological polar surface area (TPSA) is 104 Å². The number of methoxy groups -OCH3 is 1. The fraction of sp³-hybridized carbons (Fsp3) is 0.323. The molecule has 204 valence electrons. The number of carbonyl (C=O) groups excluding carboxylic acids is 2. The second kappa shape index (κ2) is 14.0. The third kappa shape index (κ3) is 7.87. The lowest BCUT2D eigenvalue weighted by molar-refractivity contribution is -0.151. The summed E-state index contributed by atoms with van der Waals surface area (Å²) in [7, 11) is 1.56. The zero-order valence-corrected chi connectivity index (χ0v) is 23.1. The summed E-state index contributed by atoms with van der Waals surface area (Å²) in [5, 5.41) is 1.59. The summed E-state index contributed by atoms with van der Waals surface area (Å²) in [6.45, 7) is 8.08. The highest BCUT2D eigenvalue weighted by Gasteiger charge is 2.41. The quantitative estimate of drug-likeness (QED) is 0.110. The highest BCUT2D eigenvalue weighted by Crippen LogP contribution is 2.27. The second-order valence-corrected chi connectivity index (χ2v) is 9.94. The van der Waals surface area contributed by atoms with Crippen LogP contribution in [0.5, 0.6) is 5.75 Å². The van der Waals surface area contributed by atoms with Crippen LogP contribution in [0.25, 0.3) is 5.53 Å². The van der Waals surface area contributed by atoms with Crippen molar-refractivity contribution in [3.63, 3.8) is 0 Å². The van der Waals surface area contributed by atoms with Crippen molar-refractivity contribution in [2.75, 3.05) is 7.11 Å². The molecule has 0 aromatic heterocycles. The molecule has 0 aliphatic heterocycles. The van der Waals surface area contributed by atoms with Crippen LogP contribution in [0.1, 0.15) is 55.2 Å². The Morgan fingerprint density at radius 1 is 0.872 bits per heavy atom. The lowest BCUT2D eigenvalue weighted by Crippen LogP contribution is -2.49. The third-order valence-corrected chi connectivity index (χ3v) is 6.35. The summed E-state index contributed by atoms with van der Waals surface area (Å²) in [5.74, 6) is -0.432. The number of hydrogen-bond acceptors (Lipinski definition) is 5. The first-order valence-corrected chi connectivity index (χ1v) is 13.0. The fourth-order valence-electron chi connectivity index (χ4n) is 4.46. The second-order valence-electron chi connectivity index (χ2n) is 9.94. The minimum atomic E-state index is -0.985. The zero-order chi connectivity index (χ0) is 28.4. The Kier molecular flexibility index (Phi) is 10.6. The number of ether oxygens (including phenoxy) is 2. The van der Waals surface area contributed by atoms with Gasteiger partial charge >= 0.3 is 11.7 Å². The van der Waals surface area contributed by atoms with Crippen LogP contribution in [0, 0.1) is 11.8 Å². The maximum absolute atomic E-state index is 13.6. The van der Waals surface area contributed by atoms with Crippen molar-refractivity contribution in [1.29, 1.82) is 0 Å². The van der Waals surface area contributed by atoms with Gasteiger partial charge in [-0.3, -0.25) is 10.2 Å². The Morgan fingerprint density at radius 2 is 1.44 bits per heavy atom. The predicted octanol–water partition coefficient (Wildman–Crippen LogP) is 5.48. The van der Waals surface area contributed by atoms with Crippen LogP contribution < -0.4 is 10.2 Å². The van der Waals surface area contributed by atoms with Gasteiger partial charge in [0.1, 0.15) is 11.9 Å². The Hall–Kier alpha value is -4.26. The van der Waals surface area contributed by atoms with Crippen molar-refractivity contribution in [2.45, 2.75) is 46.4 Å². The summed E-state index contributed by atoms with van der Waals surface area (Å²) in [6.07, 6.45) is -0.396. The number of hydrogen-bond donors (Lipinski definition) is 1. The minimum Gasteiger partial charge on any atom is -0.497 e. The summed E-state index contributed by atoms with van der Waals surface area (Å²) < 4.78 is 11.2. The van der Waals surface area contributed by atoms with Gasteiger partial charge in [-0.1, -0.05) is 88.4 Å². The Labute approximate surface area is 230 Å². The lowest BCUT2D eigenvalue weighted by atomic mass is 9.96. The minimum absolute atomic E-state index is 0.0477. The average Bonchev–Trinajstić information content (AvgIpc) is 2.94. The molecule has 8 nitrogen and oxygen atoms in total. The maximum Gasteiger partial charge on any atom is 0.419 e. The predicted molar refractivity (Wildman–Crippen MR) is 150 cm³/mol. The molecule has 1 N–H and O–H groups in total. The highest BCUT2D eigenvalue weighted by molar-refractivity contribution is 6.36. The van der Waals surface area contributed by atoms with Gasteiger partial charge in [0.25, 0.3) is 5.91 Å². The number of benzene rings is 3. The lowest BCUT2D eigenvalue weighted by Gasteiger charge is -2.30. The van der Waals surface area contributed by atoms with Crippen molar-refractivity contribution < 1.29 is 23.9 Å². The van der Waals surface area contributed by atoms with E-state index in [-0.39, 0.29) is 30.0 Å². The van der Waals surface area contributed by atoms with Crippen LogP contribution in [0.3, 0.4) is 0 Å². The number of nitrogens with zero attached hydrogens (tertiary/aromatic N) is 3. The molecular weight excluding hydrogens is 492 g/mol. The molecular formula is C31H36N4O4. The maximum atomic E-state index is 13.6. The molecule has 0 aliphatic carbocycles. The number of rotatable bonds is 12. The molecule has 3 aromatic rings. The smallest absolute Gasteiger partial charge is 0.419 e. The van der Waals surface area contributed by atoms with E-state index in [1.165, 1.54) is 0 Å². The first kappa shape index (κ1) is 29.3. The van der Waals surface area contributed by atoms with E-state index in [9.17, 15) is 15.1 Å². The number of nitrogens with one attached hydrogen (secondary N) is 1. The van der Waals surface area contributed by atoms with Crippen molar-refractivity contribution in [3.05, 3.63) is 107 Å². The van der Waals surface area contributed by atoms with E-state index in [2.05, 4.69) is 10.2 Å². The molecule has 0 radical (unpaired) electrons. The van der Waals surface area contributed by atoms with Gasteiger partial charge in [-0.05, 0) is 47.2 Å². The molecule has 8 heteroatoms. The summed E-state index contributed by atoms with van der Waals surface area (Å²) in [4.78, 5) is 30.3. The molecule has 1 atom stereocenters. The van der Waals surface area contributed by atoms with Gasteiger partial charge in [0, 0.05) is 12.1 Å². The van der Waals surface area contributed by atoms with Crippen LogP contribution >= 0.6 is 0 Å². The van der Waals surface area contributed by atoms with E-state index >= 15 is 0 Å². The van der Waals surface area contributed by atoms with Gasteiger partial charge in [0.15, 0.2) is 6.04 Å². The number of hydrazine groups is 1. The normalized spacial score (nSPS) is 11.8. The monoisotopic (exact) mass is 528 g/mol. The molecule has 0 saturated heterocycles. The first-order valence-electron chi connectivity index (χ1n) is 13.0. The van der Waals surface area contributed by atoms with Gasteiger partial charge in [-0.15, -0.1) is 0 Å². The van der Waals surface area contributed by atoms with E-state index in [1.807, 2.05) is 64.1 Å². The van der Waals surface area contributed by atoms with Crippen LogP contribution in [-0.4, -0.2) is 40.6 Å². The third-order valence-electron chi connectivity index (χ3n) is 6.35. The molecule has 0 unspecified atom stereocenters. The van der Waals surface area contributed by atoms with E-state index in [0.29, 0.717) is 16.9 Å². The number of carbonyl (C=O) groups is 2. The Balaban J connectivity index is 2.10. The SMILES string of the molecule is COc1ccc([C@H](C(=[N+]=[N-])C(=O)OC(C(C)C)C(C)C)N(Cc2ccccc2)NC(=O)c2ccccc2)cc1. The first-order chi connectivity index (χ1) is 18.7. The van der Waals surface area contributed by atoms with E-state index in [0.717, 1.165) is 5.56 Å². The number of esters is 1. The van der Waals surface area contributed by atoms with Gasteiger partial charge in [-0.2, -0.15) is 9.80 Å². The molecule has 0 bridgehead atoms. The van der Waals surface area contributed by atoms with Gasteiger partial charge < -0.3 is 15.0 Å². The van der Waals surface area contributed by atoms with Gasteiger partial charge in [0.2, 0.25) is 0 Å². The molecule has 3 rings (SSSR count). The van der Waals surface area contributed by atoms with Crippen molar-refractivity contribution in [2.24, 2.45) is 11.8 Å². The average molecular weight is 529 g/mol. The summed E-state index contributed by atoms with van der Waals surface area (Å²) in [6, 6.07) is 24.3.